The largest absolute Gasteiger partial charge is 0.370 e. The van der Waals surface area contributed by atoms with E-state index < -0.39 is 5.91 Å². The molecule has 2 rings (SSSR count). The average molecular weight is 285 g/mol. The highest BCUT2D eigenvalue weighted by Gasteiger charge is 2.27. The van der Waals surface area contributed by atoms with Crippen molar-refractivity contribution in [2.45, 2.75) is 25.7 Å². The molecule has 0 atom stereocenters. The fraction of sp³-hybridized carbons (Fsp3) is 0.583. The number of primary amides is 1. The monoisotopic (exact) mass is 284 g/mol. The number of rotatable bonds is 7. The summed E-state index contributed by atoms with van der Waals surface area (Å²) in [6.45, 7) is 2.71. The highest BCUT2D eigenvalue weighted by atomic mass is 35.5. The number of hydrogen-bond acceptors (Lipinski definition) is 5. The molecule has 0 aromatic carbocycles. The second-order valence-electron chi connectivity index (χ2n) is 4.57. The number of ether oxygens (including phenoxy) is 1. The first-order chi connectivity index (χ1) is 9.08. The number of anilines is 1. The van der Waals surface area contributed by atoms with Crippen molar-refractivity contribution in [3.63, 3.8) is 0 Å². The minimum absolute atomic E-state index is 0.0709. The Balaban J connectivity index is 1.89. The van der Waals surface area contributed by atoms with Gasteiger partial charge in [0, 0.05) is 18.0 Å². The third-order valence-electron chi connectivity index (χ3n) is 2.83. The molecule has 0 saturated heterocycles. The molecule has 0 unspecified atom stereocenters. The molecule has 7 heteroatoms. The quantitative estimate of drug-likeness (QED) is 0.580. The molecule has 1 saturated carbocycles. The van der Waals surface area contributed by atoms with Crippen LogP contribution in [0.5, 0.6) is 0 Å². The fourth-order valence-corrected chi connectivity index (χ4v) is 1.79. The normalized spacial score (nSPS) is 14.4. The van der Waals surface area contributed by atoms with Crippen LogP contribution in [-0.2, 0) is 9.53 Å². The summed E-state index contributed by atoms with van der Waals surface area (Å²) in [5.41, 5.74) is 5.79. The molecule has 0 bridgehead atoms. The number of halogens is 1. The Labute approximate surface area is 116 Å². The molecule has 1 fully saturated rings. The zero-order valence-electron chi connectivity index (χ0n) is 10.8. The summed E-state index contributed by atoms with van der Waals surface area (Å²) >= 11 is 6.09. The predicted molar refractivity (Wildman–Crippen MR) is 72.3 cm³/mol. The lowest BCUT2D eigenvalue weighted by Gasteiger charge is -2.11. The Kier molecular flexibility index (Phi) is 4.55. The minimum atomic E-state index is -0.475. The van der Waals surface area contributed by atoms with Crippen LogP contribution in [0.3, 0.4) is 0 Å². The highest BCUT2D eigenvalue weighted by Crippen LogP contribution is 2.39. The zero-order chi connectivity index (χ0) is 13.8. The first kappa shape index (κ1) is 14.0. The van der Waals surface area contributed by atoms with Gasteiger partial charge in [-0.3, -0.25) is 4.79 Å². The van der Waals surface area contributed by atoms with Crippen LogP contribution in [-0.4, -0.2) is 35.6 Å². The molecule has 1 aliphatic carbocycles. The molecule has 6 nitrogen and oxygen atoms in total. The van der Waals surface area contributed by atoms with Crippen LogP contribution >= 0.6 is 11.6 Å². The van der Waals surface area contributed by atoms with Gasteiger partial charge in [-0.1, -0.05) is 11.6 Å². The topological polar surface area (TPSA) is 90.1 Å². The first-order valence-electron chi connectivity index (χ1n) is 6.22. The van der Waals surface area contributed by atoms with E-state index in [0.29, 0.717) is 24.2 Å². The highest BCUT2D eigenvalue weighted by molar-refractivity contribution is 6.30. The van der Waals surface area contributed by atoms with Crippen LogP contribution in [0.15, 0.2) is 0 Å². The number of nitrogens with two attached hydrogens (primary N) is 1. The van der Waals surface area contributed by atoms with Crippen molar-refractivity contribution < 1.29 is 9.53 Å². The van der Waals surface area contributed by atoms with E-state index in [0.717, 1.165) is 30.0 Å². The number of nitrogens with one attached hydrogen (secondary N) is 1. The molecular weight excluding hydrogens is 268 g/mol. The van der Waals surface area contributed by atoms with Crippen LogP contribution in [0.1, 0.15) is 30.1 Å². The smallest absolute Gasteiger partial charge is 0.243 e. The van der Waals surface area contributed by atoms with Gasteiger partial charge >= 0.3 is 0 Å². The predicted octanol–water partition coefficient (Wildman–Crippen LogP) is 1.23. The Morgan fingerprint density at radius 3 is 2.89 bits per heavy atom. The molecular formula is C12H17ClN4O2. The maximum Gasteiger partial charge on any atom is 0.243 e. The van der Waals surface area contributed by atoms with Gasteiger partial charge in [0.2, 0.25) is 5.91 Å². The van der Waals surface area contributed by atoms with E-state index in [9.17, 15) is 4.79 Å². The summed E-state index contributed by atoms with van der Waals surface area (Å²) in [7, 11) is 0. The van der Waals surface area contributed by atoms with E-state index >= 15 is 0 Å². The molecule has 0 aliphatic heterocycles. The second-order valence-corrected chi connectivity index (χ2v) is 4.92. The molecule has 1 amide bonds. The van der Waals surface area contributed by atoms with Gasteiger partial charge in [-0.05, 0) is 19.8 Å². The number of nitrogens with zero attached hydrogens (tertiary/aromatic N) is 2. The maximum absolute atomic E-state index is 10.5. The van der Waals surface area contributed by atoms with E-state index in [2.05, 4.69) is 15.3 Å². The summed E-state index contributed by atoms with van der Waals surface area (Å²) in [6, 6.07) is 0. The molecule has 1 aromatic heterocycles. The summed E-state index contributed by atoms with van der Waals surface area (Å²) in [6.07, 6.45) is 2.25. The fourth-order valence-electron chi connectivity index (χ4n) is 1.62. The molecule has 104 valence electrons. The lowest BCUT2D eigenvalue weighted by Crippen LogP contribution is -2.21. The van der Waals surface area contributed by atoms with Crippen molar-refractivity contribution in [3.8, 4) is 0 Å². The lowest BCUT2D eigenvalue weighted by atomic mass is 10.3. The van der Waals surface area contributed by atoms with Gasteiger partial charge in [0.15, 0.2) is 0 Å². The van der Waals surface area contributed by atoms with Crippen molar-refractivity contribution in [3.05, 3.63) is 16.5 Å². The molecule has 19 heavy (non-hydrogen) atoms. The second kappa shape index (κ2) is 6.16. The number of carbonyl (C=O) groups excluding carboxylic acids is 1. The lowest BCUT2D eigenvalue weighted by molar-refractivity contribution is -0.122. The van der Waals surface area contributed by atoms with E-state index in [1.807, 2.05) is 6.92 Å². The molecule has 1 aromatic rings. The maximum atomic E-state index is 10.5. The Morgan fingerprint density at radius 1 is 1.53 bits per heavy atom. The molecule has 3 N–H and O–H groups in total. The van der Waals surface area contributed by atoms with Gasteiger partial charge in [0.25, 0.3) is 0 Å². The summed E-state index contributed by atoms with van der Waals surface area (Å²) in [4.78, 5) is 19.3. The van der Waals surface area contributed by atoms with Gasteiger partial charge in [0.05, 0.1) is 6.61 Å². The molecule has 1 heterocycles. The third kappa shape index (κ3) is 4.04. The van der Waals surface area contributed by atoms with Crippen molar-refractivity contribution in [2.24, 2.45) is 5.73 Å². The van der Waals surface area contributed by atoms with Crippen molar-refractivity contribution >= 4 is 23.3 Å². The summed E-state index contributed by atoms with van der Waals surface area (Å²) in [5.74, 6) is 1.50. The van der Waals surface area contributed by atoms with Crippen LogP contribution in [0.4, 0.5) is 5.82 Å². The van der Waals surface area contributed by atoms with Crippen molar-refractivity contribution in [1.29, 1.82) is 0 Å². The molecule has 1 aliphatic rings. The van der Waals surface area contributed by atoms with Gasteiger partial charge in [-0.25, -0.2) is 9.97 Å². The Hall–Kier alpha value is -1.40. The van der Waals surface area contributed by atoms with Gasteiger partial charge in [-0.15, -0.1) is 0 Å². The van der Waals surface area contributed by atoms with Crippen molar-refractivity contribution in [1.82, 2.24) is 9.97 Å². The zero-order valence-corrected chi connectivity index (χ0v) is 11.5. The van der Waals surface area contributed by atoms with Gasteiger partial charge in [0.1, 0.15) is 23.4 Å². The van der Waals surface area contributed by atoms with Crippen LogP contribution in [0, 0.1) is 6.92 Å². The minimum Gasteiger partial charge on any atom is -0.370 e. The van der Waals surface area contributed by atoms with Crippen molar-refractivity contribution in [2.75, 3.05) is 25.1 Å². The number of hydrogen-bond donors (Lipinski definition) is 2. The van der Waals surface area contributed by atoms with E-state index in [1.54, 1.807) is 0 Å². The van der Waals surface area contributed by atoms with E-state index in [4.69, 9.17) is 22.1 Å². The summed E-state index contributed by atoms with van der Waals surface area (Å²) in [5, 5.41) is 3.62. The van der Waals surface area contributed by atoms with E-state index in [-0.39, 0.29) is 6.61 Å². The molecule has 0 spiro atoms. The van der Waals surface area contributed by atoms with Gasteiger partial charge < -0.3 is 15.8 Å². The van der Waals surface area contributed by atoms with Crippen LogP contribution in [0.25, 0.3) is 0 Å². The summed E-state index contributed by atoms with van der Waals surface area (Å²) < 4.78 is 5.06. The standard InChI is InChI=1S/C12H17ClN4O2/c1-7-10(13)16-12(8-2-3-8)17-11(7)15-4-5-19-6-9(14)18/h8H,2-6H2,1H3,(H2,14,18)(H,15,16,17). The number of amides is 1. The van der Waals surface area contributed by atoms with Crippen LogP contribution in [0.2, 0.25) is 5.15 Å². The number of carbonyl (C=O) groups is 1. The Morgan fingerprint density at radius 2 is 2.26 bits per heavy atom. The van der Waals surface area contributed by atoms with Crippen LogP contribution < -0.4 is 11.1 Å². The van der Waals surface area contributed by atoms with E-state index in [1.165, 1.54) is 0 Å². The average Bonchev–Trinajstić information content (AvgIpc) is 3.17. The number of aromatic nitrogens is 2. The SMILES string of the molecule is Cc1c(Cl)nc(C2CC2)nc1NCCOCC(N)=O. The Bertz CT molecular complexity index is 477. The van der Waals surface area contributed by atoms with Gasteiger partial charge in [-0.2, -0.15) is 0 Å². The molecule has 0 radical (unpaired) electrons. The first-order valence-corrected chi connectivity index (χ1v) is 6.59. The third-order valence-corrected chi connectivity index (χ3v) is 3.20.